The maximum absolute atomic E-state index is 5.96. The third kappa shape index (κ3) is 1.59. The van der Waals surface area contributed by atoms with Crippen molar-refractivity contribution in [3.05, 3.63) is 40.2 Å². The summed E-state index contributed by atoms with van der Waals surface area (Å²) in [5.41, 5.74) is 0. The number of pyridine rings is 1. The van der Waals surface area contributed by atoms with Crippen molar-refractivity contribution in [1.82, 2.24) is 14.8 Å². The Morgan fingerprint density at radius 1 is 1.38 bits per heavy atom. The average Bonchev–Trinajstić information content (AvgIpc) is 2.49. The molecular weight excluding hydrogens is 253 g/mol. The Bertz CT molecular complexity index is 413. The van der Waals surface area contributed by atoms with Crippen LogP contribution in [0.3, 0.4) is 0 Å². The molecule has 0 bridgehead atoms. The molecule has 0 amide bonds. The van der Waals surface area contributed by atoms with E-state index in [9.17, 15) is 0 Å². The largest absolute Gasteiger partial charge is 0.237 e. The van der Waals surface area contributed by atoms with E-state index in [4.69, 9.17) is 11.6 Å². The second kappa shape index (κ2) is 3.47. The molecule has 0 radical (unpaired) electrons. The second-order valence-electron chi connectivity index (χ2n) is 2.38. The zero-order chi connectivity index (χ0) is 9.26. The Hall–Kier alpha value is -0.870. The van der Waals surface area contributed by atoms with E-state index in [-0.39, 0.29) is 0 Å². The molecule has 5 heteroatoms. The fourth-order valence-corrected chi connectivity index (χ4v) is 1.39. The van der Waals surface area contributed by atoms with E-state index in [0.717, 1.165) is 4.47 Å². The molecule has 3 nitrogen and oxygen atoms in total. The van der Waals surface area contributed by atoms with Gasteiger partial charge in [-0.05, 0) is 28.1 Å². The molecule has 0 aliphatic heterocycles. The van der Waals surface area contributed by atoms with Crippen molar-refractivity contribution in [1.29, 1.82) is 0 Å². The van der Waals surface area contributed by atoms with Crippen molar-refractivity contribution in [3.63, 3.8) is 0 Å². The lowest BCUT2D eigenvalue weighted by Crippen LogP contribution is -1.97. The molecule has 0 fully saturated rings. The molecule has 2 aromatic rings. The van der Waals surface area contributed by atoms with Crippen LogP contribution in [0, 0.1) is 0 Å². The summed E-state index contributed by atoms with van der Waals surface area (Å²) in [5.74, 6) is 0.707. The molecule has 0 spiro atoms. The third-order valence-corrected chi connectivity index (χ3v) is 2.71. The highest BCUT2D eigenvalue weighted by Gasteiger charge is 2.07. The molecule has 0 atom stereocenters. The summed E-state index contributed by atoms with van der Waals surface area (Å²) >= 11 is 9.23. The van der Waals surface area contributed by atoms with Gasteiger partial charge in [0.15, 0.2) is 5.82 Å². The summed E-state index contributed by atoms with van der Waals surface area (Å²) in [5, 5.41) is 4.59. The first-order valence-corrected chi connectivity index (χ1v) is 4.76. The Labute approximate surface area is 88.5 Å². The first kappa shape index (κ1) is 8.72. The van der Waals surface area contributed by atoms with E-state index in [1.54, 1.807) is 17.1 Å². The van der Waals surface area contributed by atoms with Crippen LogP contribution in [0.5, 0.6) is 0 Å². The zero-order valence-corrected chi connectivity index (χ0v) is 8.83. The zero-order valence-electron chi connectivity index (χ0n) is 6.48. The predicted octanol–water partition coefficient (Wildman–Crippen LogP) is 2.68. The maximum Gasteiger partial charge on any atom is 0.155 e. The fraction of sp³-hybridized carbons (Fsp3) is 0. The first-order valence-electron chi connectivity index (χ1n) is 3.59. The minimum atomic E-state index is 0.527. The molecule has 0 saturated carbocycles. The Morgan fingerprint density at radius 2 is 2.23 bits per heavy atom. The molecule has 0 aliphatic carbocycles. The summed E-state index contributed by atoms with van der Waals surface area (Å²) in [6, 6.07) is 5.56. The second-order valence-corrected chi connectivity index (χ2v) is 3.60. The van der Waals surface area contributed by atoms with Crippen LogP contribution < -0.4 is 0 Å². The number of aromatic nitrogens is 3. The normalized spacial score (nSPS) is 10.3. The van der Waals surface area contributed by atoms with Gasteiger partial charge in [-0.2, -0.15) is 5.10 Å². The fourth-order valence-electron chi connectivity index (χ4n) is 0.952. The molecule has 2 aromatic heterocycles. The van der Waals surface area contributed by atoms with Gasteiger partial charge in [-0.25, -0.2) is 9.67 Å². The lowest BCUT2D eigenvalue weighted by molar-refractivity contribution is 0.847. The van der Waals surface area contributed by atoms with E-state index >= 15 is 0 Å². The van der Waals surface area contributed by atoms with Crippen molar-refractivity contribution in [2.75, 3.05) is 0 Å². The van der Waals surface area contributed by atoms with Crippen LogP contribution in [-0.2, 0) is 0 Å². The van der Waals surface area contributed by atoms with Crippen molar-refractivity contribution in [3.8, 4) is 5.82 Å². The summed E-state index contributed by atoms with van der Waals surface area (Å²) in [7, 11) is 0. The van der Waals surface area contributed by atoms with Crippen LogP contribution in [0.25, 0.3) is 5.82 Å². The Balaban J connectivity index is 2.53. The Kier molecular flexibility index (Phi) is 2.33. The van der Waals surface area contributed by atoms with Gasteiger partial charge >= 0.3 is 0 Å². The number of halogens is 2. The van der Waals surface area contributed by atoms with Gasteiger partial charge in [-0.3, -0.25) is 0 Å². The average molecular weight is 259 g/mol. The standard InChI is InChI=1S/C8H5BrClN3/c9-6-5-12-13(8(6)10)7-3-1-2-4-11-7/h1-5H. The van der Waals surface area contributed by atoms with E-state index in [0.29, 0.717) is 11.0 Å². The van der Waals surface area contributed by atoms with Crippen molar-refractivity contribution in [2.45, 2.75) is 0 Å². The maximum atomic E-state index is 5.96. The molecule has 66 valence electrons. The molecule has 0 unspecified atom stereocenters. The SMILES string of the molecule is Clc1c(Br)cnn1-c1ccccn1. The third-order valence-electron chi connectivity index (χ3n) is 1.54. The van der Waals surface area contributed by atoms with E-state index in [1.807, 2.05) is 18.2 Å². The summed E-state index contributed by atoms with van der Waals surface area (Å²) in [4.78, 5) is 4.12. The van der Waals surface area contributed by atoms with E-state index in [1.165, 1.54) is 0 Å². The Morgan fingerprint density at radius 3 is 2.77 bits per heavy atom. The van der Waals surface area contributed by atoms with Gasteiger partial charge < -0.3 is 0 Å². The number of hydrogen-bond acceptors (Lipinski definition) is 2. The molecule has 13 heavy (non-hydrogen) atoms. The quantitative estimate of drug-likeness (QED) is 0.787. The molecule has 0 N–H and O–H groups in total. The molecule has 2 heterocycles. The highest BCUT2D eigenvalue weighted by atomic mass is 79.9. The van der Waals surface area contributed by atoms with Gasteiger partial charge in [0.05, 0.1) is 10.7 Å². The van der Waals surface area contributed by atoms with Crippen LogP contribution in [0.4, 0.5) is 0 Å². The van der Waals surface area contributed by atoms with E-state index in [2.05, 4.69) is 26.0 Å². The molecule has 0 aromatic carbocycles. The highest BCUT2D eigenvalue weighted by Crippen LogP contribution is 2.23. The molecule has 0 aliphatic rings. The van der Waals surface area contributed by atoms with Gasteiger partial charge in [-0.15, -0.1) is 0 Å². The van der Waals surface area contributed by atoms with Crippen molar-refractivity contribution in [2.24, 2.45) is 0 Å². The summed E-state index contributed by atoms with van der Waals surface area (Å²) in [6.45, 7) is 0. The number of nitrogens with zero attached hydrogens (tertiary/aromatic N) is 3. The highest BCUT2D eigenvalue weighted by molar-refractivity contribution is 9.10. The van der Waals surface area contributed by atoms with Crippen LogP contribution in [-0.4, -0.2) is 14.8 Å². The van der Waals surface area contributed by atoms with Gasteiger partial charge in [-0.1, -0.05) is 17.7 Å². The first-order chi connectivity index (χ1) is 6.29. The molecular formula is C8H5BrClN3. The lowest BCUT2D eigenvalue weighted by Gasteiger charge is -1.99. The lowest BCUT2D eigenvalue weighted by atomic mass is 10.5. The predicted molar refractivity (Wildman–Crippen MR) is 54.1 cm³/mol. The van der Waals surface area contributed by atoms with Gasteiger partial charge in [0.1, 0.15) is 5.15 Å². The van der Waals surface area contributed by atoms with Gasteiger partial charge in [0.2, 0.25) is 0 Å². The monoisotopic (exact) mass is 257 g/mol. The molecule has 0 saturated heterocycles. The van der Waals surface area contributed by atoms with Gasteiger partial charge in [0, 0.05) is 6.20 Å². The number of rotatable bonds is 1. The van der Waals surface area contributed by atoms with Crippen LogP contribution >= 0.6 is 27.5 Å². The summed E-state index contributed by atoms with van der Waals surface area (Å²) in [6.07, 6.45) is 3.33. The molecule has 2 rings (SSSR count). The van der Waals surface area contributed by atoms with Gasteiger partial charge in [0.25, 0.3) is 0 Å². The topological polar surface area (TPSA) is 30.7 Å². The van der Waals surface area contributed by atoms with Crippen molar-refractivity contribution >= 4 is 27.5 Å². The minimum Gasteiger partial charge on any atom is -0.237 e. The minimum absolute atomic E-state index is 0.527. The number of hydrogen-bond donors (Lipinski definition) is 0. The smallest absolute Gasteiger partial charge is 0.155 e. The van der Waals surface area contributed by atoms with Crippen LogP contribution in [0.15, 0.2) is 35.1 Å². The summed E-state index contributed by atoms with van der Waals surface area (Å²) < 4.78 is 2.32. The van der Waals surface area contributed by atoms with Crippen molar-refractivity contribution < 1.29 is 0 Å². The van der Waals surface area contributed by atoms with E-state index < -0.39 is 0 Å². The van der Waals surface area contributed by atoms with Crippen LogP contribution in [0.1, 0.15) is 0 Å². The van der Waals surface area contributed by atoms with Crippen LogP contribution in [0.2, 0.25) is 5.15 Å².